The summed E-state index contributed by atoms with van der Waals surface area (Å²) in [6, 6.07) is 2.69. The third kappa shape index (κ3) is 3.35. The molecular weight excluding hydrogens is 316 g/mol. The fraction of sp³-hybridized carbons (Fsp3) is 0.722. The monoisotopic (exact) mass is 342 g/mol. The summed E-state index contributed by atoms with van der Waals surface area (Å²) in [5, 5.41) is 16.7. The second-order valence-corrected chi connectivity index (χ2v) is 7.71. The van der Waals surface area contributed by atoms with Crippen molar-refractivity contribution in [3.05, 3.63) is 18.1 Å². The van der Waals surface area contributed by atoms with Crippen molar-refractivity contribution in [2.75, 3.05) is 31.6 Å². The highest BCUT2D eigenvalue weighted by atomic mass is 16.5. The molecule has 0 bridgehead atoms. The molecule has 1 atom stereocenters. The van der Waals surface area contributed by atoms with E-state index in [1.54, 1.807) is 6.33 Å². The van der Waals surface area contributed by atoms with Gasteiger partial charge in [-0.15, -0.1) is 10.2 Å². The maximum Gasteiger partial charge on any atom is 0.200 e. The van der Waals surface area contributed by atoms with E-state index in [-0.39, 0.29) is 0 Å². The van der Waals surface area contributed by atoms with Crippen molar-refractivity contribution in [1.82, 2.24) is 24.7 Å². The lowest BCUT2D eigenvalue weighted by Gasteiger charge is -2.34. The quantitative estimate of drug-likeness (QED) is 0.897. The molecule has 7 heteroatoms. The van der Waals surface area contributed by atoms with Crippen molar-refractivity contribution < 1.29 is 4.74 Å². The summed E-state index contributed by atoms with van der Waals surface area (Å²) in [5.41, 5.74) is 3.10. The molecule has 5 rings (SSSR count). The Balaban J connectivity index is 1.24. The molecule has 1 unspecified atom stereocenters. The highest BCUT2D eigenvalue weighted by Gasteiger charge is 2.28. The van der Waals surface area contributed by atoms with Gasteiger partial charge in [-0.1, -0.05) is 0 Å². The average Bonchev–Trinajstić information content (AvgIpc) is 3.14. The minimum Gasteiger partial charge on any atom is -0.379 e. The molecule has 4 heterocycles. The van der Waals surface area contributed by atoms with Gasteiger partial charge in [-0.05, 0) is 44.6 Å². The van der Waals surface area contributed by atoms with E-state index in [9.17, 15) is 0 Å². The van der Waals surface area contributed by atoms with Crippen LogP contribution in [0.2, 0.25) is 0 Å². The first-order valence-electron chi connectivity index (χ1n) is 9.66. The Hall–Kier alpha value is -1.73. The van der Waals surface area contributed by atoms with Crippen LogP contribution in [-0.2, 0) is 4.74 Å². The van der Waals surface area contributed by atoms with E-state index in [2.05, 4.69) is 31.6 Å². The zero-order chi connectivity index (χ0) is 16.6. The van der Waals surface area contributed by atoms with Crippen LogP contribution in [0.4, 0.5) is 5.69 Å². The summed E-state index contributed by atoms with van der Waals surface area (Å²) < 4.78 is 7.60. The van der Waals surface area contributed by atoms with E-state index in [0.717, 1.165) is 50.4 Å². The van der Waals surface area contributed by atoms with E-state index in [1.807, 2.05) is 4.52 Å². The van der Waals surface area contributed by atoms with E-state index >= 15 is 0 Å². The molecule has 0 aromatic carbocycles. The standard InChI is InChI=1S/C18H26N6O/c1-2-15(25-9-1)11-23-7-5-14(6-8-23)20-17-10-16(13-3-4-13)22-24-12-19-21-18(17)24/h10,12-15,20H,1-9,11H2. The topological polar surface area (TPSA) is 67.6 Å². The smallest absolute Gasteiger partial charge is 0.200 e. The van der Waals surface area contributed by atoms with Crippen LogP contribution in [-0.4, -0.2) is 63.1 Å². The van der Waals surface area contributed by atoms with Gasteiger partial charge < -0.3 is 15.0 Å². The van der Waals surface area contributed by atoms with Crippen molar-refractivity contribution in [2.24, 2.45) is 0 Å². The average molecular weight is 342 g/mol. The second-order valence-electron chi connectivity index (χ2n) is 7.71. The number of anilines is 1. The lowest BCUT2D eigenvalue weighted by Crippen LogP contribution is -2.42. The van der Waals surface area contributed by atoms with E-state index in [0.29, 0.717) is 18.1 Å². The van der Waals surface area contributed by atoms with Crippen molar-refractivity contribution in [1.29, 1.82) is 0 Å². The molecule has 1 N–H and O–H groups in total. The molecule has 7 nitrogen and oxygen atoms in total. The van der Waals surface area contributed by atoms with Gasteiger partial charge in [0, 0.05) is 38.2 Å². The summed E-state index contributed by atoms with van der Waals surface area (Å²) >= 11 is 0. The van der Waals surface area contributed by atoms with Gasteiger partial charge in [-0.25, -0.2) is 0 Å². The normalized spacial score (nSPS) is 25.7. The first-order chi connectivity index (χ1) is 12.3. The molecule has 2 aliphatic heterocycles. The Labute approximate surface area is 147 Å². The number of aromatic nitrogens is 4. The first kappa shape index (κ1) is 15.5. The molecule has 2 aromatic rings. The number of hydrogen-bond donors (Lipinski definition) is 1. The van der Waals surface area contributed by atoms with Crippen molar-refractivity contribution in [3.8, 4) is 0 Å². The number of piperidine rings is 1. The number of nitrogens with one attached hydrogen (secondary N) is 1. The molecule has 3 aliphatic rings. The predicted molar refractivity (Wildman–Crippen MR) is 94.8 cm³/mol. The van der Waals surface area contributed by atoms with Crippen molar-refractivity contribution in [3.63, 3.8) is 0 Å². The van der Waals surface area contributed by atoms with Gasteiger partial charge in [-0.3, -0.25) is 0 Å². The lowest BCUT2D eigenvalue weighted by molar-refractivity contribution is 0.0654. The van der Waals surface area contributed by atoms with E-state index in [1.165, 1.54) is 31.4 Å². The molecule has 0 spiro atoms. The highest BCUT2D eigenvalue weighted by Crippen LogP contribution is 2.40. The third-order valence-corrected chi connectivity index (χ3v) is 5.72. The van der Waals surface area contributed by atoms with E-state index in [4.69, 9.17) is 4.74 Å². The largest absolute Gasteiger partial charge is 0.379 e. The zero-order valence-corrected chi connectivity index (χ0v) is 14.6. The fourth-order valence-electron chi connectivity index (χ4n) is 4.09. The van der Waals surface area contributed by atoms with Crippen LogP contribution in [0.5, 0.6) is 0 Å². The maximum atomic E-state index is 5.78. The van der Waals surface area contributed by atoms with Gasteiger partial charge in [0.05, 0.1) is 17.5 Å². The van der Waals surface area contributed by atoms with Crippen molar-refractivity contribution >= 4 is 11.3 Å². The molecule has 2 aromatic heterocycles. The summed E-state index contributed by atoms with van der Waals surface area (Å²) in [4.78, 5) is 2.56. The molecular formula is C18H26N6O. The predicted octanol–water partition coefficient (Wildman–Crippen LogP) is 2.06. The van der Waals surface area contributed by atoms with Crippen LogP contribution < -0.4 is 5.32 Å². The van der Waals surface area contributed by atoms with Crippen LogP contribution in [0.1, 0.15) is 50.1 Å². The summed E-state index contributed by atoms with van der Waals surface area (Å²) in [7, 11) is 0. The molecule has 3 fully saturated rings. The Morgan fingerprint density at radius 2 is 2.04 bits per heavy atom. The molecule has 134 valence electrons. The van der Waals surface area contributed by atoms with Gasteiger partial charge in [0.25, 0.3) is 0 Å². The SMILES string of the molecule is c1c(C2CC2)nn2cnnc2c1NC1CCN(CC2CCCO2)CC1. The van der Waals surface area contributed by atoms with E-state index < -0.39 is 0 Å². The second kappa shape index (κ2) is 6.53. The molecule has 1 aliphatic carbocycles. The van der Waals surface area contributed by atoms with Crippen molar-refractivity contribution in [2.45, 2.75) is 56.6 Å². The number of hydrogen-bond acceptors (Lipinski definition) is 6. The first-order valence-corrected chi connectivity index (χ1v) is 9.66. The molecule has 1 saturated carbocycles. The van der Waals surface area contributed by atoms with Crippen LogP contribution in [0.15, 0.2) is 12.4 Å². The minimum atomic E-state index is 0.460. The van der Waals surface area contributed by atoms with Crippen LogP contribution in [0.3, 0.4) is 0 Å². The van der Waals surface area contributed by atoms with Crippen LogP contribution in [0.25, 0.3) is 5.65 Å². The zero-order valence-electron chi connectivity index (χ0n) is 14.6. The number of likely N-dealkylation sites (tertiary alicyclic amines) is 1. The van der Waals surface area contributed by atoms with Gasteiger partial charge in [0.15, 0.2) is 0 Å². The summed E-state index contributed by atoms with van der Waals surface area (Å²) in [5.74, 6) is 0.626. The molecule has 0 radical (unpaired) electrons. The molecule has 0 amide bonds. The third-order valence-electron chi connectivity index (χ3n) is 5.72. The van der Waals surface area contributed by atoms with Crippen LogP contribution >= 0.6 is 0 Å². The lowest BCUT2D eigenvalue weighted by atomic mass is 10.0. The Morgan fingerprint density at radius 3 is 2.80 bits per heavy atom. The summed E-state index contributed by atoms with van der Waals surface area (Å²) in [6.07, 6.45) is 9.44. The van der Waals surface area contributed by atoms with Gasteiger partial charge in [-0.2, -0.15) is 9.61 Å². The maximum absolute atomic E-state index is 5.78. The highest BCUT2D eigenvalue weighted by molar-refractivity contribution is 5.67. The van der Waals surface area contributed by atoms with Gasteiger partial charge >= 0.3 is 0 Å². The summed E-state index contributed by atoms with van der Waals surface area (Å²) in [6.45, 7) is 4.33. The Morgan fingerprint density at radius 1 is 1.16 bits per heavy atom. The number of ether oxygens (including phenoxy) is 1. The number of rotatable bonds is 5. The van der Waals surface area contributed by atoms with Gasteiger partial charge in [0.2, 0.25) is 5.65 Å². The van der Waals surface area contributed by atoms with Crippen LogP contribution in [0, 0.1) is 0 Å². The minimum absolute atomic E-state index is 0.460. The number of fused-ring (bicyclic) bond motifs is 1. The Bertz CT molecular complexity index is 728. The van der Waals surface area contributed by atoms with Gasteiger partial charge in [0.1, 0.15) is 6.33 Å². The molecule has 2 saturated heterocycles. The molecule has 25 heavy (non-hydrogen) atoms. The number of nitrogens with zero attached hydrogens (tertiary/aromatic N) is 5. The fourth-order valence-corrected chi connectivity index (χ4v) is 4.09. The Kier molecular flexibility index (Phi) is 4.06.